The molecular weight excluding hydrogens is 168 g/mol. The Morgan fingerprint density at radius 2 is 1.71 bits per heavy atom. The molecule has 1 rings (SSSR count). The van der Waals surface area contributed by atoms with Crippen molar-refractivity contribution in [3.05, 3.63) is 46.9 Å². The van der Waals surface area contributed by atoms with Gasteiger partial charge in [-0.2, -0.15) is 0 Å². The van der Waals surface area contributed by atoms with E-state index < -0.39 is 0 Å². The predicted octanol–water partition coefficient (Wildman–Crippen LogP) is 2.57. The van der Waals surface area contributed by atoms with Gasteiger partial charge in [-0.3, -0.25) is 0 Å². The molecular formula is C14H16. The minimum Gasteiger partial charge on any atom is -0.0984 e. The lowest BCUT2D eigenvalue weighted by molar-refractivity contribution is 1.28. The molecule has 0 aliphatic heterocycles. The van der Waals surface area contributed by atoms with Crippen LogP contribution in [-0.2, 0) is 0 Å². The summed E-state index contributed by atoms with van der Waals surface area (Å²) in [6, 6.07) is 4.15. The Bertz CT molecular complexity index is 450. The normalized spacial score (nSPS) is 11.4. The molecule has 0 spiro atoms. The van der Waals surface area contributed by atoms with Crippen LogP contribution in [0.25, 0.3) is 24.8 Å². The van der Waals surface area contributed by atoms with Crippen LogP contribution in [0.15, 0.2) is 25.3 Å². The highest BCUT2D eigenvalue weighted by molar-refractivity contribution is 5.64. The Morgan fingerprint density at radius 3 is 2.21 bits per heavy atom. The van der Waals surface area contributed by atoms with Gasteiger partial charge in [0.25, 0.3) is 0 Å². The van der Waals surface area contributed by atoms with Crippen molar-refractivity contribution in [2.75, 3.05) is 0 Å². The first-order chi connectivity index (χ1) is 6.72. The maximum absolute atomic E-state index is 4.01. The molecule has 0 radical (unpaired) electrons. The van der Waals surface area contributed by atoms with E-state index in [0.717, 1.165) is 22.8 Å². The summed E-state index contributed by atoms with van der Waals surface area (Å²) in [7, 11) is 0. The molecule has 0 aliphatic rings. The predicted molar refractivity (Wildman–Crippen MR) is 66.2 cm³/mol. The monoisotopic (exact) mass is 184 g/mol. The Balaban J connectivity index is 3.54. The average molecular weight is 184 g/mol. The van der Waals surface area contributed by atoms with Crippen LogP contribution in [0.2, 0.25) is 0 Å². The molecule has 0 bridgehead atoms. The molecule has 0 nitrogen and oxygen atoms in total. The first-order valence-corrected chi connectivity index (χ1v) is 4.81. The van der Waals surface area contributed by atoms with Gasteiger partial charge in [0.1, 0.15) is 0 Å². The highest BCUT2D eigenvalue weighted by Crippen LogP contribution is 2.06. The summed E-state index contributed by atoms with van der Waals surface area (Å²) in [6.07, 6.45) is 6.87. The van der Waals surface area contributed by atoms with Crippen LogP contribution in [-0.4, -0.2) is 0 Å². The van der Waals surface area contributed by atoms with Crippen LogP contribution in [0, 0.1) is 0 Å². The minimum atomic E-state index is 1.02. The van der Waals surface area contributed by atoms with Crippen LogP contribution < -0.4 is 10.4 Å². The molecule has 0 saturated heterocycles. The summed E-state index contributed by atoms with van der Waals surface area (Å²) in [4.78, 5) is 0. The first-order valence-electron chi connectivity index (χ1n) is 4.81. The average Bonchev–Trinajstić information content (AvgIpc) is 2.20. The van der Waals surface area contributed by atoms with E-state index in [4.69, 9.17) is 0 Å². The Hall–Kier alpha value is -1.56. The second-order valence-corrected chi connectivity index (χ2v) is 3.20. The van der Waals surface area contributed by atoms with Crippen molar-refractivity contribution in [1.82, 2.24) is 0 Å². The van der Waals surface area contributed by atoms with Crippen molar-refractivity contribution in [1.29, 1.82) is 0 Å². The zero-order valence-corrected chi connectivity index (χ0v) is 8.72. The zero-order chi connectivity index (χ0) is 10.6. The molecule has 0 amide bonds. The third kappa shape index (κ3) is 2.02. The van der Waals surface area contributed by atoms with Gasteiger partial charge in [-0.1, -0.05) is 44.9 Å². The lowest BCUT2D eigenvalue weighted by atomic mass is 10.0. The van der Waals surface area contributed by atoms with Gasteiger partial charge in [-0.15, -0.1) is 0 Å². The maximum atomic E-state index is 4.01. The van der Waals surface area contributed by atoms with Crippen LogP contribution in [0.3, 0.4) is 0 Å². The van der Waals surface area contributed by atoms with Gasteiger partial charge in [0.05, 0.1) is 0 Å². The highest BCUT2D eigenvalue weighted by Gasteiger charge is 1.94. The van der Waals surface area contributed by atoms with E-state index in [1.54, 1.807) is 0 Å². The summed E-state index contributed by atoms with van der Waals surface area (Å²) in [6.45, 7) is 13.7. The van der Waals surface area contributed by atoms with Crippen LogP contribution in [0.4, 0.5) is 0 Å². The summed E-state index contributed by atoms with van der Waals surface area (Å²) in [5.41, 5.74) is 2.21. The molecule has 0 N–H and O–H groups in total. The fourth-order valence-corrected chi connectivity index (χ4v) is 1.46. The molecule has 0 fully saturated rings. The number of rotatable bonds is 3. The standard InChI is InChI=1S/C14H16/c1-5-8-14-10-13(7-3)12(6-2)9-11(14)4/h6-10H,2-5H2,1H3/b14-8-. The SMILES string of the molecule is C=Cc1cc(=C)/c(=C\CC)cc1C=C. The first kappa shape index (κ1) is 10.5. The van der Waals surface area contributed by atoms with Crippen LogP contribution in [0.1, 0.15) is 24.5 Å². The summed E-state index contributed by atoms with van der Waals surface area (Å²) < 4.78 is 0. The molecule has 14 heavy (non-hydrogen) atoms. The van der Waals surface area contributed by atoms with Gasteiger partial charge in [-0.25, -0.2) is 0 Å². The largest absolute Gasteiger partial charge is 0.0984 e. The van der Waals surface area contributed by atoms with E-state index in [1.165, 1.54) is 5.22 Å². The van der Waals surface area contributed by atoms with Crippen LogP contribution in [0.5, 0.6) is 0 Å². The third-order valence-electron chi connectivity index (χ3n) is 2.21. The summed E-state index contributed by atoms with van der Waals surface area (Å²) >= 11 is 0. The quantitative estimate of drug-likeness (QED) is 0.677. The third-order valence-corrected chi connectivity index (χ3v) is 2.21. The molecule has 0 heterocycles. The van der Waals surface area contributed by atoms with E-state index in [0.29, 0.717) is 0 Å². The zero-order valence-electron chi connectivity index (χ0n) is 8.72. The van der Waals surface area contributed by atoms with Crippen molar-refractivity contribution in [3.8, 4) is 0 Å². The Labute approximate surface area is 85.6 Å². The fraction of sp³-hybridized carbons (Fsp3) is 0.143. The van der Waals surface area contributed by atoms with E-state index in [9.17, 15) is 0 Å². The number of benzene rings is 1. The van der Waals surface area contributed by atoms with Gasteiger partial charge >= 0.3 is 0 Å². The molecule has 72 valence electrons. The lowest BCUT2D eigenvalue weighted by Gasteiger charge is -2.00. The second kappa shape index (κ2) is 4.61. The van der Waals surface area contributed by atoms with Gasteiger partial charge in [0, 0.05) is 0 Å². The summed E-state index contributed by atoms with van der Waals surface area (Å²) in [5.74, 6) is 0. The Morgan fingerprint density at radius 1 is 1.14 bits per heavy atom. The summed E-state index contributed by atoms with van der Waals surface area (Å²) in [5, 5.41) is 2.24. The molecule has 0 aliphatic carbocycles. The Kier molecular flexibility index (Phi) is 3.47. The van der Waals surface area contributed by atoms with E-state index in [2.05, 4.69) is 38.8 Å². The van der Waals surface area contributed by atoms with E-state index in [-0.39, 0.29) is 0 Å². The molecule has 0 unspecified atom stereocenters. The van der Waals surface area contributed by atoms with Crippen molar-refractivity contribution >= 4 is 24.8 Å². The molecule has 1 aromatic rings. The second-order valence-electron chi connectivity index (χ2n) is 3.20. The molecule has 0 atom stereocenters. The van der Waals surface area contributed by atoms with E-state index >= 15 is 0 Å². The molecule has 0 saturated carbocycles. The van der Waals surface area contributed by atoms with Gasteiger partial charge in [-0.05, 0) is 40.1 Å². The molecule has 1 aromatic carbocycles. The van der Waals surface area contributed by atoms with E-state index in [1.807, 2.05) is 18.2 Å². The van der Waals surface area contributed by atoms with Crippen molar-refractivity contribution in [3.63, 3.8) is 0 Å². The van der Waals surface area contributed by atoms with Crippen molar-refractivity contribution < 1.29 is 0 Å². The van der Waals surface area contributed by atoms with Crippen molar-refractivity contribution in [2.45, 2.75) is 13.3 Å². The van der Waals surface area contributed by atoms with Gasteiger partial charge in [0.2, 0.25) is 0 Å². The van der Waals surface area contributed by atoms with Gasteiger partial charge in [0.15, 0.2) is 0 Å². The lowest BCUT2D eigenvalue weighted by Crippen LogP contribution is -2.23. The topological polar surface area (TPSA) is 0 Å². The fourth-order valence-electron chi connectivity index (χ4n) is 1.46. The number of hydrogen-bond donors (Lipinski definition) is 0. The molecule has 0 aromatic heterocycles. The smallest absolute Gasteiger partial charge is 0.0184 e. The maximum Gasteiger partial charge on any atom is -0.0184 e. The minimum absolute atomic E-state index is 1.02. The van der Waals surface area contributed by atoms with Crippen LogP contribution >= 0.6 is 0 Å². The van der Waals surface area contributed by atoms with Crippen molar-refractivity contribution in [2.24, 2.45) is 0 Å². The number of hydrogen-bond acceptors (Lipinski definition) is 0. The van der Waals surface area contributed by atoms with Gasteiger partial charge < -0.3 is 0 Å². The highest BCUT2D eigenvalue weighted by atomic mass is 14.0. The molecule has 0 heteroatoms.